The predicted octanol–water partition coefficient (Wildman–Crippen LogP) is 6.40. The summed E-state index contributed by atoms with van der Waals surface area (Å²) in [5, 5.41) is 0.270. The Kier molecular flexibility index (Phi) is 4.65. The minimum Gasteiger partial charge on any atom is -0.171 e. The van der Waals surface area contributed by atoms with Gasteiger partial charge in [0.15, 0.2) is 0 Å². The van der Waals surface area contributed by atoms with Gasteiger partial charge in [0, 0.05) is 5.25 Å². The highest BCUT2D eigenvalue weighted by atomic mass is 32.1. The first-order valence-corrected chi connectivity index (χ1v) is 8.23. The highest BCUT2D eigenvalue weighted by molar-refractivity contribution is 7.80. The maximum atomic E-state index is 4.74. The van der Waals surface area contributed by atoms with E-state index in [0.29, 0.717) is 0 Å². The maximum absolute atomic E-state index is 4.74. The quantitative estimate of drug-likeness (QED) is 0.530. The Balaban J connectivity index is 2.14. The van der Waals surface area contributed by atoms with Crippen LogP contribution in [0.4, 0.5) is 0 Å². The molecule has 0 bridgehead atoms. The number of rotatable bonds is 4. The van der Waals surface area contributed by atoms with Crippen molar-refractivity contribution in [3.8, 4) is 22.3 Å². The highest BCUT2D eigenvalue weighted by Gasteiger charge is 2.09. The summed E-state index contributed by atoms with van der Waals surface area (Å²) in [7, 11) is 0. The molecule has 3 aromatic rings. The topological polar surface area (TPSA) is 0 Å². The van der Waals surface area contributed by atoms with Gasteiger partial charge < -0.3 is 0 Å². The fraction of sp³-hybridized carbons (Fsp3) is 0.143. The van der Waals surface area contributed by atoms with E-state index < -0.39 is 0 Å². The predicted molar refractivity (Wildman–Crippen MR) is 99.3 cm³/mol. The van der Waals surface area contributed by atoms with Gasteiger partial charge in [-0.3, -0.25) is 0 Å². The lowest BCUT2D eigenvalue weighted by molar-refractivity contribution is 0.903. The molecule has 22 heavy (non-hydrogen) atoms. The standard InChI is InChI=1S/C21H20S/c1-2-21(22)20-14-18(16-9-5-3-6-10-16)13-19(15-20)17-11-7-4-8-12-17/h3-15,21-22H,2H2,1H3/t21-/m1/s1. The van der Waals surface area contributed by atoms with Crippen molar-refractivity contribution in [2.24, 2.45) is 0 Å². The SMILES string of the molecule is CC[C@@H](S)c1cc(-c2ccccc2)cc(-c2ccccc2)c1. The van der Waals surface area contributed by atoms with Crippen molar-refractivity contribution in [3.05, 3.63) is 84.4 Å². The van der Waals surface area contributed by atoms with Crippen molar-refractivity contribution in [1.82, 2.24) is 0 Å². The Labute approximate surface area is 138 Å². The molecule has 0 amide bonds. The zero-order chi connectivity index (χ0) is 15.4. The van der Waals surface area contributed by atoms with Crippen LogP contribution in [0, 0.1) is 0 Å². The Morgan fingerprint density at radius 1 is 0.682 bits per heavy atom. The van der Waals surface area contributed by atoms with Crippen LogP contribution in [-0.2, 0) is 0 Å². The van der Waals surface area contributed by atoms with E-state index in [2.05, 4.69) is 85.8 Å². The van der Waals surface area contributed by atoms with E-state index in [1.54, 1.807) is 0 Å². The second kappa shape index (κ2) is 6.85. The summed E-state index contributed by atoms with van der Waals surface area (Å²) in [6.07, 6.45) is 1.02. The third-order valence-electron chi connectivity index (χ3n) is 3.94. The van der Waals surface area contributed by atoms with Crippen LogP contribution >= 0.6 is 12.6 Å². The van der Waals surface area contributed by atoms with Crippen LogP contribution in [0.2, 0.25) is 0 Å². The maximum Gasteiger partial charge on any atom is 0.0264 e. The summed E-state index contributed by atoms with van der Waals surface area (Å²) < 4.78 is 0. The number of benzene rings is 3. The van der Waals surface area contributed by atoms with Gasteiger partial charge in [-0.25, -0.2) is 0 Å². The van der Waals surface area contributed by atoms with Crippen molar-refractivity contribution < 1.29 is 0 Å². The zero-order valence-electron chi connectivity index (χ0n) is 12.7. The zero-order valence-corrected chi connectivity index (χ0v) is 13.6. The van der Waals surface area contributed by atoms with Crippen LogP contribution in [-0.4, -0.2) is 0 Å². The first-order chi connectivity index (χ1) is 10.8. The van der Waals surface area contributed by atoms with Crippen LogP contribution in [0.25, 0.3) is 22.3 Å². The van der Waals surface area contributed by atoms with Crippen LogP contribution in [0.5, 0.6) is 0 Å². The molecule has 0 unspecified atom stereocenters. The number of thiol groups is 1. The third-order valence-corrected chi connectivity index (χ3v) is 4.60. The van der Waals surface area contributed by atoms with Crippen LogP contribution in [0.1, 0.15) is 24.2 Å². The number of hydrogen-bond donors (Lipinski definition) is 1. The van der Waals surface area contributed by atoms with E-state index in [4.69, 9.17) is 12.6 Å². The third kappa shape index (κ3) is 3.26. The molecule has 0 fully saturated rings. The van der Waals surface area contributed by atoms with Crippen LogP contribution in [0.3, 0.4) is 0 Å². The van der Waals surface area contributed by atoms with Crippen molar-refractivity contribution in [3.63, 3.8) is 0 Å². The average Bonchev–Trinajstić information content (AvgIpc) is 2.62. The van der Waals surface area contributed by atoms with E-state index in [-0.39, 0.29) is 5.25 Å². The van der Waals surface area contributed by atoms with Gasteiger partial charge >= 0.3 is 0 Å². The first-order valence-electron chi connectivity index (χ1n) is 7.72. The van der Waals surface area contributed by atoms with Crippen LogP contribution < -0.4 is 0 Å². The lowest BCUT2D eigenvalue weighted by Crippen LogP contribution is -1.92. The fourth-order valence-corrected chi connectivity index (χ4v) is 2.82. The second-order valence-corrected chi connectivity index (χ2v) is 6.12. The van der Waals surface area contributed by atoms with Crippen LogP contribution in [0.15, 0.2) is 78.9 Å². The lowest BCUT2D eigenvalue weighted by atomic mass is 9.94. The Morgan fingerprint density at radius 2 is 1.14 bits per heavy atom. The largest absolute Gasteiger partial charge is 0.171 e. The van der Waals surface area contributed by atoms with Crippen molar-refractivity contribution >= 4 is 12.6 Å². The molecule has 110 valence electrons. The second-order valence-electron chi connectivity index (χ2n) is 5.50. The monoisotopic (exact) mass is 304 g/mol. The summed E-state index contributed by atoms with van der Waals surface area (Å²) in [5.41, 5.74) is 6.29. The van der Waals surface area contributed by atoms with Gasteiger partial charge in [0.1, 0.15) is 0 Å². The minimum atomic E-state index is 0.270. The molecule has 0 radical (unpaired) electrons. The first kappa shape index (κ1) is 14.9. The Bertz CT molecular complexity index is 675. The highest BCUT2D eigenvalue weighted by Crippen LogP contribution is 2.33. The van der Waals surface area contributed by atoms with E-state index in [9.17, 15) is 0 Å². The van der Waals surface area contributed by atoms with Crippen molar-refractivity contribution in [2.75, 3.05) is 0 Å². The van der Waals surface area contributed by atoms with Gasteiger partial charge in [0.05, 0.1) is 0 Å². The summed E-state index contributed by atoms with van der Waals surface area (Å²) >= 11 is 4.74. The van der Waals surface area contributed by atoms with Gasteiger partial charge in [0.25, 0.3) is 0 Å². The summed E-state index contributed by atoms with van der Waals surface area (Å²) in [5.74, 6) is 0. The molecule has 0 nitrogen and oxygen atoms in total. The normalized spacial score (nSPS) is 12.1. The summed E-state index contributed by atoms with van der Waals surface area (Å²) in [6.45, 7) is 2.18. The molecule has 3 rings (SSSR count). The van der Waals surface area contributed by atoms with E-state index in [1.165, 1.54) is 27.8 Å². The number of hydrogen-bond acceptors (Lipinski definition) is 1. The Morgan fingerprint density at radius 3 is 1.55 bits per heavy atom. The molecule has 0 aliphatic carbocycles. The summed E-state index contributed by atoms with van der Waals surface area (Å²) in [4.78, 5) is 0. The molecular formula is C21H20S. The molecule has 0 N–H and O–H groups in total. The molecule has 1 atom stereocenters. The van der Waals surface area contributed by atoms with Crippen molar-refractivity contribution in [2.45, 2.75) is 18.6 Å². The molecule has 0 saturated heterocycles. The van der Waals surface area contributed by atoms with Gasteiger partial charge in [-0.05, 0) is 52.4 Å². The minimum absolute atomic E-state index is 0.270. The molecule has 0 aliphatic rings. The molecule has 3 aromatic carbocycles. The van der Waals surface area contributed by atoms with E-state index >= 15 is 0 Å². The van der Waals surface area contributed by atoms with E-state index in [0.717, 1.165) is 6.42 Å². The van der Waals surface area contributed by atoms with Gasteiger partial charge in [-0.2, -0.15) is 12.6 Å². The average molecular weight is 304 g/mol. The molecule has 0 saturated carbocycles. The van der Waals surface area contributed by atoms with Gasteiger partial charge in [-0.15, -0.1) is 0 Å². The fourth-order valence-electron chi connectivity index (χ4n) is 2.67. The Hall–Kier alpha value is -1.99. The van der Waals surface area contributed by atoms with Gasteiger partial charge in [0.2, 0.25) is 0 Å². The summed E-state index contributed by atoms with van der Waals surface area (Å²) in [6, 6.07) is 27.9. The molecule has 0 aromatic heterocycles. The molecule has 1 heteroatoms. The molecule has 0 aliphatic heterocycles. The van der Waals surface area contributed by atoms with Gasteiger partial charge in [-0.1, -0.05) is 67.6 Å². The van der Waals surface area contributed by atoms with E-state index in [1.807, 2.05) is 0 Å². The smallest absolute Gasteiger partial charge is 0.0264 e. The van der Waals surface area contributed by atoms with Crippen molar-refractivity contribution in [1.29, 1.82) is 0 Å². The lowest BCUT2D eigenvalue weighted by Gasteiger charge is -2.14. The molecular weight excluding hydrogens is 284 g/mol. The molecule has 0 heterocycles. The molecule has 0 spiro atoms.